The van der Waals surface area contributed by atoms with Crippen molar-refractivity contribution in [2.24, 2.45) is 11.3 Å². The van der Waals surface area contributed by atoms with Gasteiger partial charge in [-0.25, -0.2) is 4.79 Å². The van der Waals surface area contributed by atoms with Crippen LogP contribution in [0.1, 0.15) is 5.56 Å². The predicted octanol–water partition coefficient (Wildman–Crippen LogP) is 1.36. The number of carbonyl (C=O) groups is 2. The lowest BCUT2D eigenvalue weighted by molar-refractivity contribution is -0.164. The zero-order valence-corrected chi connectivity index (χ0v) is 11.5. The van der Waals surface area contributed by atoms with Gasteiger partial charge in [0.05, 0.1) is 19.1 Å². The van der Waals surface area contributed by atoms with E-state index in [4.69, 9.17) is 9.47 Å². The Hall–Kier alpha value is -2.08. The predicted molar refractivity (Wildman–Crippen MR) is 72.6 cm³/mol. The Balaban J connectivity index is 1.60. The fraction of sp³-hybridized carbons (Fsp3) is 0.467. The molecule has 1 aromatic rings. The number of hydrogen-bond acceptors (Lipinski definition) is 4. The molecule has 1 unspecified atom stereocenters. The molecule has 2 aliphatic heterocycles. The summed E-state index contributed by atoms with van der Waals surface area (Å²) in [7, 11) is 0. The van der Waals surface area contributed by atoms with Gasteiger partial charge in [-0.2, -0.15) is 0 Å². The summed E-state index contributed by atoms with van der Waals surface area (Å²) in [5.41, 5.74) is 0.471. The van der Waals surface area contributed by atoms with Crippen molar-refractivity contribution in [1.82, 2.24) is 4.90 Å². The highest BCUT2D eigenvalue weighted by Gasteiger charge is 2.56. The normalized spacial score (nSPS) is 22.9. The lowest BCUT2D eigenvalue weighted by Crippen LogP contribution is -2.51. The molecular weight excluding hydrogens is 274 g/mol. The summed E-state index contributed by atoms with van der Waals surface area (Å²) in [5.74, 6) is -1.45. The van der Waals surface area contributed by atoms with Crippen LogP contribution < -0.4 is 0 Å². The molecular formula is C15H17NO5. The van der Waals surface area contributed by atoms with Crippen LogP contribution in [0, 0.1) is 11.3 Å². The first-order chi connectivity index (χ1) is 10.1. The van der Waals surface area contributed by atoms with E-state index in [1.807, 2.05) is 30.3 Å². The fourth-order valence-electron chi connectivity index (χ4n) is 2.92. The van der Waals surface area contributed by atoms with Crippen molar-refractivity contribution in [2.75, 3.05) is 26.3 Å². The van der Waals surface area contributed by atoms with Gasteiger partial charge in [-0.1, -0.05) is 30.3 Å². The third-order valence-electron chi connectivity index (χ3n) is 4.19. The largest absolute Gasteiger partial charge is 0.481 e. The van der Waals surface area contributed by atoms with Gasteiger partial charge in [-0.15, -0.1) is 0 Å². The van der Waals surface area contributed by atoms with E-state index in [1.165, 1.54) is 4.90 Å². The van der Waals surface area contributed by atoms with Gasteiger partial charge in [0.25, 0.3) is 0 Å². The van der Waals surface area contributed by atoms with Gasteiger partial charge in [0.1, 0.15) is 6.61 Å². The Labute approximate surface area is 122 Å². The third-order valence-corrected chi connectivity index (χ3v) is 4.19. The van der Waals surface area contributed by atoms with Gasteiger partial charge in [0.2, 0.25) is 0 Å². The maximum atomic E-state index is 12.1. The maximum Gasteiger partial charge on any atom is 0.410 e. The number of amides is 1. The molecule has 0 aromatic heterocycles. The number of hydrogen-bond donors (Lipinski definition) is 1. The van der Waals surface area contributed by atoms with Crippen LogP contribution in [-0.2, 0) is 20.9 Å². The van der Waals surface area contributed by atoms with E-state index in [0.29, 0.717) is 19.8 Å². The van der Waals surface area contributed by atoms with E-state index in [1.54, 1.807) is 0 Å². The van der Waals surface area contributed by atoms with E-state index < -0.39 is 23.4 Å². The summed E-state index contributed by atoms with van der Waals surface area (Å²) in [6.07, 6.45) is -0.464. The number of carboxylic acid groups (broad SMARTS) is 1. The monoisotopic (exact) mass is 291 g/mol. The number of ether oxygens (including phenoxy) is 2. The number of likely N-dealkylation sites (tertiary alicyclic amines) is 1. The minimum atomic E-state index is -0.878. The quantitative estimate of drug-likeness (QED) is 0.910. The first kappa shape index (κ1) is 13.9. The highest BCUT2D eigenvalue weighted by molar-refractivity contribution is 5.75. The summed E-state index contributed by atoms with van der Waals surface area (Å²) in [4.78, 5) is 24.9. The molecule has 2 heterocycles. The van der Waals surface area contributed by atoms with Crippen molar-refractivity contribution in [2.45, 2.75) is 6.61 Å². The number of aliphatic carboxylic acids is 1. The molecule has 1 amide bonds. The van der Waals surface area contributed by atoms with Crippen molar-refractivity contribution in [3.05, 3.63) is 35.9 Å². The van der Waals surface area contributed by atoms with Gasteiger partial charge in [-0.3, -0.25) is 4.79 Å². The van der Waals surface area contributed by atoms with Crippen LogP contribution in [0.5, 0.6) is 0 Å². The van der Waals surface area contributed by atoms with Gasteiger partial charge >= 0.3 is 12.1 Å². The summed E-state index contributed by atoms with van der Waals surface area (Å²) in [5, 5.41) is 9.29. The topological polar surface area (TPSA) is 76.1 Å². The van der Waals surface area contributed by atoms with Crippen molar-refractivity contribution in [3.8, 4) is 0 Å². The summed E-state index contributed by atoms with van der Waals surface area (Å²) < 4.78 is 10.4. The Kier molecular flexibility index (Phi) is 3.55. The molecule has 1 N–H and O–H groups in total. The number of carboxylic acids is 1. The molecule has 21 heavy (non-hydrogen) atoms. The average Bonchev–Trinajstić information content (AvgIpc) is 2.87. The SMILES string of the molecule is O=C(O)C1CN(C(=O)OCc2ccccc2)CC12COC2. The van der Waals surface area contributed by atoms with E-state index in [0.717, 1.165) is 5.56 Å². The van der Waals surface area contributed by atoms with Crippen molar-refractivity contribution >= 4 is 12.1 Å². The zero-order valence-electron chi connectivity index (χ0n) is 11.5. The van der Waals surface area contributed by atoms with Crippen molar-refractivity contribution in [1.29, 1.82) is 0 Å². The molecule has 112 valence electrons. The summed E-state index contributed by atoms with van der Waals surface area (Å²) in [6.45, 7) is 1.56. The Morgan fingerprint density at radius 3 is 2.57 bits per heavy atom. The highest BCUT2D eigenvalue weighted by Crippen LogP contribution is 2.42. The summed E-state index contributed by atoms with van der Waals surface area (Å²) in [6, 6.07) is 9.39. The van der Waals surface area contributed by atoms with E-state index >= 15 is 0 Å². The average molecular weight is 291 g/mol. The Morgan fingerprint density at radius 2 is 2.05 bits per heavy atom. The van der Waals surface area contributed by atoms with Crippen LogP contribution in [0.25, 0.3) is 0 Å². The fourth-order valence-corrected chi connectivity index (χ4v) is 2.92. The van der Waals surface area contributed by atoms with E-state index in [2.05, 4.69) is 0 Å². The van der Waals surface area contributed by atoms with Crippen LogP contribution >= 0.6 is 0 Å². The van der Waals surface area contributed by atoms with Crippen LogP contribution in [0.15, 0.2) is 30.3 Å². The van der Waals surface area contributed by atoms with E-state index in [9.17, 15) is 14.7 Å². The van der Waals surface area contributed by atoms with Gasteiger partial charge in [-0.05, 0) is 5.56 Å². The second-order valence-electron chi connectivity index (χ2n) is 5.67. The molecule has 0 saturated carbocycles. The van der Waals surface area contributed by atoms with Crippen LogP contribution in [-0.4, -0.2) is 48.4 Å². The molecule has 1 spiro atoms. The molecule has 2 fully saturated rings. The molecule has 0 radical (unpaired) electrons. The summed E-state index contributed by atoms with van der Waals surface area (Å²) >= 11 is 0. The van der Waals surface area contributed by atoms with Gasteiger partial charge < -0.3 is 19.5 Å². The molecule has 6 heteroatoms. The zero-order chi connectivity index (χ0) is 14.9. The smallest absolute Gasteiger partial charge is 0.410 e. The standard InChI is InChI=1S/C15H17NO5/c17-13(18)12-6-16(8-15(12)9-20-10-15)14(19)21-7-11-4-2-1-3-5-11/h1-5,12H,6-10H2,(H,17,18). The second-order valence-corrected chi connectivity index (χ2v) is 5.67. The molecule has 2 saturated heterocycles. The van der Waals surface area contributed by atoms with Crippen molar-refractivity contribution in [3.63, 3.8) is 0 Å². The van der Waals surface area contributed by atoms with Gasteiger partial charge in [0, 0.05) is 18.5 Å². The lowest BCUT2D eigenvalue weighted by Gasteiger charge is -2.40. The molecule has 6 nitrogen and oxygen atoms in total. The Bertz CT molecular complexity index is 540. The van der Waals surface area contributed by atoms with Crippen LogP contribution in [0.4, 0.5) is 4.79 Å². The van der Waals surface area contributed by atoms with E-state index in [-0.39, 0.29) is 13.2 Å². The van der Waals surface area contributed by atoms with Gasteiger partial charge in [0.15, 0.2) is 0 Å². The molecule has 0 aliphatic carbocycles. The minimum Gasteiger partial charge on any atom is -0.481 e. The van der Waals surface area contributed by atoms with Crippen molar-refractivity contribution < 1.29 is 24.2 Å². The number of nitrogens with zero attached hydrogens (tertiary/aromatic N) is 1. The highest BCUT2D eigenvalue weighted by atomic mass is 16.6. The maximum absolute atomic E-state index is 12.1. The lowest BCUT2D eigenvalue weighted by atomic mass is 9.76. The molecule has 1 aromatic carbocycles. The van der Waals surface area contributed by atoms with Crippen LogP contribution in [0.3, 0.4) is 0 Å². The number of benzene rings is 1. The number of carbonyl (C=O) groups excluding carboxylic acids is 1. The Morgan fingerprint density at radius 1 is 1.33 bits per heavy atom. The second kappa shape index (κ2) is 5.37. The van der Waals surface area contributed by atoms with Crippen LogP contribution in [0.2, 0.25) is 0 Å². The molecule has 1 atom stereocenters. The molecule has 3 rings (SSSR count). The first-order valence-electron chi connectivity index (χ1n) is 6.87. The molecule has 0 bridgehead atoms. The number of rotatable bonds is 3. The minimum absolute atomic E-state index is 0.187. The third kappa shape index (κ3) is 2.58. The first-order valence-corrected chi connectivity index (χ1v) is 6.87. The molecule has 2 aliphatic rings.